The fraction of sp³-hybridized carbons (Fsp3) is 0.0625. The predicted molar refractivity (Wildman–Crippen MR) is 82.6 cm³/mol. The number of aryl methyl sites for hydroxylation is 1. The van der Waals surface area contributed by atoms with Crippen molar-refractivity contribution in [3.05, 3.63) is 65.0 Å². The topological polar surface area (TPSA) is 96.1 Å². The summed E-state index contributed by atoms with van der Waals surface area (Å²) in [6.45, 7) is 1.83. The van der Waals surface area contributed by atoms with Crippen molar-refractivity contribution in [2.45, 2.75) is 6.92 Å². The average molecular weight is 285 g/mol. The summed E-state index contributed by atoms with van der Waals surface area (Å²) < 4.78 is 13.8. The molecule has 0 aliphatic heterocycles. The van der Waals surface area contributed by atoms with Crippen LogP contribution in [-0.4, -0.2) is 10.8 Å². The van der Waals surface area contributed by atoms with E-state index in [0.717, 1.165) is 5.56 Å². The second kappa shape index (κ2) is 5.66. The zero-order valence-electron chi connectivity index (χ0n) is 11.5. The third kappa shape index (κ3) is 3.20. The molecule has 0 radical (unpaired) electrons. The number of aromatic hydroxyl groups is 1. The van der Waals surface area contributed by atoms with Gasteiger partial charge in [0.15, 0.2) is 0 Å². The average Bonchev–Trinajstić information content (AvgIpc) is 2.37. The summed E-state index contributed by atoms with van der Waals surface area (Å²) in [5.74, 6) is -0.563. The van der Waals surface area contributed by atoms with E-state index in [0.29, 0.717) is 11.3 Å². The summed E-state index contributed by atoms with van der Waals surface area (Å²) in [5.41, 5.74) is 13.1. The second-order valence-corrected chi connectivity index (χ2v) is 4.77. The molecule has 2 rings (SSSR count). The van der Waals surface area contributed by atoms with E-state index >= 15 is 0 Å². The molecule has 0 amide bonds. The molecule has 0 atom stereocenters. The summed E-state index contributed by atoms with van der Waals surface area (Å²) in [5, 5.41) is 17.8. The quantitative estimate of drug-likeness (QED) is 0.515. The molecule has 2 aromatic rings. The largest absolute Gasteiger partial charge is 0.507 e. The fourth-order valence-electron chi connectivity index (χ4n) is 1.95. The summed E-state index contributed by atoms with van der Waals surface area (Å²) in [6.07, 6.45) is 1.30. The summed E-state index contributed by atoms with van der Waals surface area (Å²) >= 11 is 0. The Morgan fingerprint density at radius 3 is 2.48 bits per heavy atom. The molecule has 0 bridgehead atoms. The standard InChI is InChI=1S/C16H16FN3O/c1-9-2-4-12(16(21)6-9)15(20)8-14(19)11-5-3-10(18)7-13(11)17/h2-8,20-21H,18-19H2,1H3/b14-8-,20-15?. The number of halogens is 1. The van der Waals surface area contributed by atoms with Crippen LogP contribution in [0.3, 0.4) is 0 Å². The van der Waals surface area contributed by atoms with E-state index in [2.05, 4.69) is 0 Å². The van der Waals surface area contributed by atoms with Crippen LogP contribution in [0.5, 0.6) is 5.75 Å². The van der Waals surface area contributed by atoms with Gasteiger partial charge in [0.1, 0.15) is 11.6 Å². The van der Waals surface area contributed by atoms with Gasteiger partial charge in [-0.25, -0.2) is 4.39 Å². The molecular weight excluding hydrogens is 269 g/mol. The van der Waals surface area contributed by atoms with E-state index < -0.39 is 5.82 Å². The smallest absolute Gasteiger partial charge is 0.134 e. The number of benzene rings is 2. The molecule has 0 aliphatic rings. The number of allylic oxidation sites excluding steroid dienone is 1. The Kier molecular flexibility index (Phi) is 3.93. The molecule has 21 heavy (non-hydrogen) atoms. The molecule has 0 spiro atoms. The lowest BCUT2D eigenvalue weighted by atomic mass is 10.0. The maximum absolute atomic E-state index is 13.8. The highest BCUT2D eigenvalue weighted by molar-refractivity contribution is 6.11. The summed E-state index contributed by atoms with van der Waals surface area (Å²) in [7, 11) is 0. The van der Waals surface area contributed by atoms with E-state index in [1.165, 1.54) is 24.3 Å². The number of nitrogens with two attached hydrogens (primary N) is 2. The van der Waals surface area contributed by atoms with Gasteiger partial charge in [-0.15, -0.1) is 0 Å². The third-order valence-corrected chi connectivity index (χ3v) is 3.05. The Bertz CT molecular complexity index is 738. The van der Waals surface area contributed by atoms with Crippen LogP contribution >= 0.6 is 0 Å². The number of rotatable bonds is 3. The fourth-order valence-corrected chi connectivity index (χ4v) is 1.95. The highest BCUT2D eigenvalue weighted by atomic mass is 19.1. The monoisotopic (exact) mass is 285 g/mol. The Morgan fingerprint density at radius 2 is 1.86 bits per heavy atom. The van der Waals surface area contributed by atoms with Crippen LogP contribution in [0.2, 0.25) is 0 Å². The molecule has 0 saturated carbocycles. The van der Waals surface area contributed by atoms with Gasteiger partial charge in [-0.1, -0.05) is 6.07 Å². The molecule has 2 aromatic carbocycles. The molecule has 0 unspecified atom stereocenters. The number of hydrogen-bond acceptors (Lipinski definition) is 4. The minimum absolute atomic E-state index is 0.00113. The van der Waals surface area contributed by atoms with E-state index in [9.17, 15) is 9.50 Å². The van der Waals surface area contributed by atoms with Gasteiger partial charge >= 0.3 is 0 Å². The Labute approximate surface area is 122 Å². The van der Waals surface area contributed by atoms with Crippen molar-refractivity contribution in [3.63, 3.8) is 0 Å². The van der Waals surface area contributed by atoms with E-state index in [1.54, 1.807) is 18.2 Å². The van der Waals surface area contributed by atoms with Crippen molar-refractivity contribution in [1.29, 1.82) is 5.41 Å². The molecule has 0 aliphatic carbocycles. The SMILES string of the molecule is Cc1ccc(C(=N)/C=C(\N)c2ccc(N)cc2F)c(O)c1. The van der Waals surface area contributed by atoms with Crippen LogP contribution in [0, 0.1) is 18.2 Å². The highest BCUT2D eigenvalue weighted by Gasteiger charge is 2.09. The normalized spacial score (nSPS) is 11.4. The summed E-state index contributed by atoms with van der Waals surface area (Å²) in [4.78, 5) is 0. The molecule has 0 aromatic heterocycles. The molecular formula is C16H16FN3O. The van der Waals surface area contributed by atoms with Gasteiger partial charge in [0.25, 0.3) is 0 Å². The van der Waals surface area contributed by atoms with Gasteiger partial charge in [0, 0.05) is 22.5 Å². The lowest BCUT2D eigenvalue weighted by Gasteiger charge is -2.07. The van der Waals surface area contributed by atoms with Gasteiger partial charge < -0.3 is 22.0 Å². The molecule has 5 heteroatoms. The number of nitrogens with one attached hydrogen (secondary N) is 1. The third-order valence-electron chi connectivity index (χ3n) is 3.05. The van der Waals surface area contributed by atoms with Gasteiger partial charge in [0.2, 0.25) is 0 Å². The van der Waals surface area contributed by atoms with Crippen molar-refractivity contribution >= 4 is 17.1 Å². The first-order chi connectivity index (χ1) is 9.88. The van der Waals surface area contributed by atoms with Crippen LogP contribution in [0.25, 0.3) is 5.70 Å². The van der Waals surface area contributed by atoms with Crippen LogP contribution in [0.15, 0.2) is 42.5 Å². The summed E-state index contributed by atoms with van der Waals surface area (Å²) in [6, 6.07) is 9.11. The zero-order chi connectivity index (χ0) is 15.6. The zero-order valence-corrected chi connectivity index (χ0v) is 11.5. The number of hydrogen-bond donors (Lipinski definition) is 4. The Morgan fingerprint density at radius 1 is 1.19 bits per heavy atom. The Balaban J connectivity index is 2.36. The van der Waals surface area contributed by atoms with Crippen LogP contribution < -0.4 is 11.5 Å². The van der Waals surface area contributed by atoms with Crippen LogP contribution in [0.1, 0.15) is 16.7 Å². The number of anilines is 1. The van der Waals surface area contributed by atoms with Gasteiger partial charge in [-0.05, 0) is 48.9 Å². The molecule has 6 N–H and O–H groups in total. The minimum Gasteiger partial charge on any atom is -0.507 e. The number of nitrogen functional groups attached to an aromatic ring is 1. The lowest BCUT2D eigenvalue weighted by Crippen LogP contribution is -2.05. The predicted octanol–water partition coefficient (Wildman–Crippen LogP) is 2.79. The maximum atomic E-state index is 13.8. The molecule has 108 valence electrons. The van der Waals surface area contributed by atoms with E-state index in [-0.39, 0.29) is 22.7 Å². The molecule has 4 nitrogen and oxygen atoms in total. The van der Waals surface area contributed by atoms with Gasteiger partial charge in [-0.2, -0.15) is 0 Å². The second-order valence-electron chi connectivity index (χ2n) is 4.77. The van der Waals surface area contributed by atoms with Crippen molar-refractivity contribution in [3.8, 4) is 5.75 Å². The number of phenolic OH excluding ortho intramolecular Hbond substituents is 1. The van der Waals surface area contributed by atoms with Gasteiger partial charge in [-0.3, -0.25) is 0 Å². The van der Waals surface area contributed by atoms with Crippen molar-refractivity contribution in [2.24, 2.45) is 5.73 Å². The van der Waals surface area contributed by atoms with E-state index in [4.69, 9.17) is 16.9 Å². The van der Waals surface area contributed by atoms with Crippen LogP contribution in [0.4, 0.5) is 10.1 Å². The first-order valence-corrected chi connectivity index (χ1v) is 6.29. The van der Waals surface area contributed by atoms with Crippen molar-refractivity contribution in [2.75, 3.05) is 5.73 Å². The Hall–Kier alpha value is -2.82. The minimum atomic E-state index is -0.551. The molecule has 0 saturated heterocycles. The lowest BCUT2D eigenvalue weighted by molar-refractivity contribution is 0.474. The van der Waals surface area contributed by atoms with Crippen molar-refractivity contribution in [1.82, 2.24) is 0 Å². The highest BCUT2D eigenvalue weighted by Crippen LogP contribution is 2.22. The van der Waals surface area contributed by atoms with Crippen molar-refractivity contribution < 1.29 is 9.50 Å². The van der Waals surface area contributed by atoms with Gasteiger partial charge in [0.05, 0.1) is 5.71 Å². The first kappa shape index (κ1) is 14.6. The number of phenols is 1. The molecule has 0 heterocycles. The van der Waals surface area contributed by atoms with E-state index in [1.807, 2.05) is 6.92 Å². The molecule has 0 fully saturated rings. The first-order valence-electron chi connectivity index (χ1n) is 6.29. The maximum Gasteiger partial charge on any atom is 0.134 e. The van der Waals surface area contributed by atoms with Crippen LogP contribution in [-0.2, 0) is 0 Å².